The lowest BCUT2D eigenvalue weighted by molar-refractivity contribution is -0.133. The van der Waals surface area contributed by atoms with Gasteiger partial charge in [0.1, 0.15) is 41.4 Å². The van der Waals surface area contributed by atoms with E-state index in [-0.39, 0.29) is 51.9 Å². The maximum absolute atomic E-state index is 13.2. The number of amides is 5. The van der Waals surface area contributed by atoms with E-state index in [1.807, 2.05) is 74.5 Å². The second-order valence-corrected chi connectivity index (χ2v) is 26.2. The van der Waals surface area contributed by atoms with Crippen LogP contribution in [0.25, 0.3) is 22.4 Å². The Balaban J connectivity index is 1.06. The molecule has 36 heteroatoms. The highest BCUT2D eigenvalue weighted by atomic mass is 32.2. The van der Waals surface area contributed by atoms with Crippen molar-refractivity contribution >= 4 is 70.0 Å². The molecule has 5 amide bonds. The minimum atomic E-state index is -5.25. The molecule has 2 aromatic heterocycles. The molecule has 0 saturated heterocycles. The molecule has 2 heterocycles. The van der Waals surface area contributed by atoms with E-state index in [1.165, 1.54) is 0 Å². The SMILES string of the molecule is CC(C)(C=CCCOc1cc(-c2ccccc2)cc(-c2ccccc2)n1)c1nnnn1CCCCC(=O)NCCCOCCOCCOCCCNC(=O)[C@H](CS(=O)(=O)O)NC(=O)[C@H](CS(=O)(=O)O)NC(=O)[C@H](CS(=O)(=O)O)NC(=O)[C@@H](N)CS(=O)(=O)O. The van der Waals surface area contributed by atoms with Gasteiger partial charge < -0.3 is 51.3 Å². The summed E-state index contributed by atoms with van der Waals surface area (Å²) in [7, 11) is -20.4. The van der Waals surface area contributed by atoms with Gasteiger partial charge in [-0.2, -0.15) is 33.7 Å². The average Bonchev–Trinajstić information content (AvgIpc) is 2.21. The Hall–Kier alpha value is -6.97. The number of aryl methyl sites for hydroxylation is 1. The van der Waals surface area contributed by atoms with Gasteiger partial charge >= 0.3 is 0 Å². The third-order valence-corrected chi connectivity index (χ3v) is 15.3. The van der Waals surface area contributed by atoms with E-state index in [1.54, 1.807) is 20.6 Å². The molecule has 488 valence electrons. The van der Waals surface area contributed by atoms with Crippen LogP contribution < -0.4 is 37.1 Å². The third-order valence-electron chi connectivity index (χ3n) is 12.2. The van der Waals surface area contributed by atoms with E-state index in [2.05, 4.69) is 50.4 Å². The van der Waals surface area contributed by atoms with Crippen molar-refractivity contribution in [3.05, 3.63) is 90.8 Å². The zero-order chi connectivity index (χ0) is 65.0. The van der Waals surface area contributed by atoms with E-state index in [4.69, 9.17) is 34.2 Å². The summed E-state index contributed by atoms with van der Waals surface area (Å²) in [6, 6.07) is 14.8. The monoisotopic (exact) mass is 1320 g/mol. The Morgan fingerprint density at radius 3 is 1.61 bits per heavy atom. The van der Waals surface area contributed by atoms with Crippen molar-refractivity contribution in [2.75, 3.05) is 82.3 Å². The van der Waals surface area contributed by atoms with E-state index < -0.39 is 117 Å². The van der Waals surface area contributed by atoms with Gasteiger partial charge in [-0.1, -0.05) is 72.8 Å². The predicted molar refractivity (Wildman–Crippen MR) is 316 cm³/mol. The smallest absolute Gasteiger partial charge is 0.267 e. The number of carbonyl (C=O) groups is 5. The Bertz CT molecular complexity index is 3340. The van der Waals surface area contributed by atoms with Gasteiger partial charge in [0.2, 0.25) is 35.4 Å². The van der Waals surface area contributed by atoms with Crippen molar-refractivity contribution in [3.8, 4) is 28.3 Å². The van der Waals surface area contributed by atoms with Crippen molar-refractivity contribution in [2.24, 2.45) is 5.73 Å². The molecule has 11 N–H and O–H groups in total. The standard InChI is InChI=1S/C52H75N11O21S4/c1-52(2,20-10-12-26-84-46-32-39(37-15-5-3-6-16-37)31-41(56-46)38-17-7-4-8-18-38)51-60-61-62-63(51)23-11-9-19-45(64)54-21-13-24-81-27-29-83-30-28-82-25-14-22-55-48(66)42(34-86(72,73)74)58-50(68)44(36-88(78,79)80)59-49(67)43(35-87(75,76)77)57-47(65)40(53)33-85(69,70)71/h3-8,10,15-18,20,31-32,40,42-44H,9,11-14,19,21-30,33-36,53H2,1-2H3,(H,54,64)(H,55,66)(H,57,65)(H,58,68)(H,59,67)(H,69,70,71)(H,72,73,74)(H,75,76,77)(H,78,79,80)/t40-,42-,43-,44-/m0/s1. The topological polar surface area (TPSA) is 482 Å². The van der Waals surface area contributed by atoms with Crippen molar-refractivity contribution in [1.29, 1.82) is 0 Å². The number of tetrazole rings is 1. The van der Waals surface area contributed by atoms with E-state index >= 15 is 0 Å². The molecule has 4 rings (SSSR count). The molecule has 0 radical (unpaired) electrons. The van der Waals surface area contributed by atoms with Gasteiger partial charge in [0.15, 0.2) is 5.82 Å². The molecule has 0 spiro atoms. The van der Waals surface area contributed by atoms with Gasteiger partial charge in [-0.05, 0) is 73.6 Å². The van der Waals surface area contributed by atoms with Crippen LogP contribution >= 0.6 is 0 Å². The number of nitrogens with zero attached hydrogens (tertiary/aromatic N) is 5. The molecule has 32 nitrogen and oxygen atoms in total. The van der Waals surface area contributed by atoms with Crippen LogP contribution in [0.1, 0.15) is 58.2 Å². The highest BCUT2D eigenvalue weighted by Gasteiger charge is 2.36. The van der Waals surface area contributed by atoms with Gasteiger partial charge in [0.25, 0.3) is 40.5 Å². The molecule has 0 bridgehead atoms. The number of nitrogens with one attached hydrogen (secondary N) is 5. The predicted octanol–water partition coefficient (Wildman–Crippen LogP) is -0.729. The lowest BCUT2D eigenvalue weighted by Gasteiger charge is -2.24. The highest BCUT2D eigenvalue weighted by molar-refractivity contribution is 7.86. The first-order valence-corrected chi connectivity index (χ1v) is 33.8. The number of nitrogens with two attached hydrogens (primary N) is 1. The summed E-state index contributed by atoms with van der Waals surface area (Å²) in [5.74, 6) is -11.6. The average molecular weight is 1320 g/mol. The van der Waals surface area contributed by atoms with Gasteiger partial charge in [0, 0.05) is 56.3 Å². The second-order valence-electron chi connectivity index (χ2n) is 20.2. The molecular weight excluding hydrogens is 1240 g/mol. The number of aromatic nitrogens is 5. The number of benzene rings is 2. The van der Waals surface area contributed by atoms with E-state index in [0.717, 1.165) is 22.4 Å². The lowest BCUT2D eigenvalue weighted by Crippen LogP contribution is -2.61. The second kappa shape index (κ2) is 35.9. The van der Waals surface area contributed by atoms with Crippen LogP contribution in [0, 0.1) is 0 Å². The fourth-order valence-electron chi connectivity index (χ4n) is 8.03. The number of pyridine rings is 1. The largest absolute Gasteiger partial charge is 0.477 e. The number of hydrogen-bond donors (Lipinski definition) is 10. The Morgan fingerprint density at radius 2 is 1.08 bits per heavy atom. The summed E-state index contributed by atoms with van der Waals surface area (Å²) in [5, 5.41) is 22.6. The number of hydrogen-bond acceptors (Lipinski definition) is 22. The summed E-state index contributed by atoms with van der Waals surface area (Å²) in [6.07, 6.45) is 7.01. The number of ether oxygens (including phenoxy) is 4. The maximum atomic E-state index is 13.2. The van der Waals surface area contributed by atoms with E-state index in [9.17, 15) is 71.3 Å². The van der Waals surface area contributed by atoms with Gasteiger partial charge in [-0.25, -0.2) is 9.67 Å². The Kier molecular flexibility index (Phi) is 30.0. The van der Waals surface area contributed by atoms with Crippen LogP contribution in [0.15, 0.2) is 84.9 Å². The van der Waals surface area contributed by atoms with Crippen molar-refractivity contribution in [3.63, 3.8) is 0 Å². The van der Waals surface area contributed by atoms with Crippen LogP contribution in [0.5, 0.6) is 5.88 Å². The van der Waals surface area contributed by atoms with Crippen molar-refractivity contribution in [1.82, 2.24) is 51.8 Å². The Labute approximate surface area is 509 Å². The van der Waals surface area contributed by atoms with Gasteiger partial charge in [0.05, 0.1) is 44.5 Å². The highest BCUT2D eigenvalue weighted by Crippen LogP contribution is 2.29. The molecule has 0 saturated carbocycles. The maximum Gasteiger partial charge on any atom is 0.267 e. The Morgan fingerprint density at radius 1 is 0.591 bits per heavy atom. The summed E-state index contributed by atoms with van der Waals surface area (Å²) in [5.41, 5.74) is 8.73. The van der Waals surface area contributed by atoms with Crippen LogP contribution in [0.4, 0.5) is 0 Å². The minimum absolute atomic E-state index is 0.0308. The molecular formula is C52H75N11O21S4. The van der Waals surface area contributed by atoms with Gasteiger partial charge in [-0.3, -0.25) is 42.2 Å². The van der Waals surface area contributed by atoms with Crippen molar-refractivity contribution < 1.29 is 94.8 Å². The number of rotatable bonds is 42. The summed E-state index contributed by atoms with van der Waals surface area (Å²) < 4.78 is 154. The molecule has 0 aliphatic carbocycles. The molecule has 2 aromatic carbocycles. The number of unbranched alkanes of at least 4 members (excludes halogenated alkanes) is 1. The molecule has 4 atom stereocenters. The molecule has 4 aromatic rings. The van der Waals surface area contributed by atoms with Crippen LogP contribution in [0.3, 0.4) is 0 Å². The first kappa shape index (κ1) is 73.5. The molecule has 0 fully saturated rings. The zero-order valence-electron chi connectivity index (χ0n) is 48.2. The number of carbonyl (C=O) groups excluding carboxylic acids is 5. The summed E-state index contributed by atoms with van der Waals surface area (Å²) in [4.78, 5) is 68.8. The molecule has 0 aliphatic rings. The van der Waals surface area contributed by atoms with E-state index in [0.29, 0.717) is 70.1 Å². The summed E-state index contributed by atoms with van der Waals surface area (Å²) in [6.45, 7) is 6.34. The normalized spacial score (nSPS) is 13.7. The fourth-order valence-corrected chi connectivity index (χ4v) is 10.6. The van der Waals surface area contributed by atoms with Crippen LogP contribution in [-0.2, 0) is 90.6 Å². The van der Waals surface area contributed by atoms with Crippen LogP contribution in [0.2, 0.25) is 0 Å². The van der Waals surface area contributed by atoms with Gasteiger partial charge in [-0.15, -0.1) is 5.10 Å². The van der Waals surface area contributed by atoms with Crippen molar-refractivity contribution in [2.45, 2.75) is 88.5 Å². The quantitative estimate of drug-likeness (QED) is 0.0149. The third kappa shape index (κ3) is 29.8. The fraction of sp³-hybridized carbons (Fsp3) is 0.519. The molecule has 0 unspecified atom stereocenters. The zero-order valence-corrected chi connectivity index (χ0v) is 51.5. The lowest BCUT2D eigenvalue weighted by atomic mass is 9.91. The first-order valence-electron chi connectivity index (χ1n) is 27.3. The molecule has 0 aliphatic heterocycles. The minimum Gasteiger partial charge on any atom is -0.477 e. The molecule has 88 heavy (non-hydrogen) atoms. The first-order chi connectivity index (χ1) is 41.4. The number of allylic oxidation sites excluding steroid dienone is 1. The van der Waals surface area contributed by atoms with Crippen LogP contribution in [-0.4, -0.2) is 213 Å². The summed E-state index contributed by atoms with van der Waals surface area (Å²) >= 11 is 0.